The maximum atomic E-state index is 14.0. The van der Waals surface area contributed by atoms with Crippen LogP contribution in [0.2, 0.25) is 0 Å². The number of aromatic amines is 1. The number of hydrogen-bond acceptors (Lipinski definition) is 9. The normalized spacial score (nSPS) is 21.5. The topological polar surface area (TPSA) is 166 Å². The summed E-state index contributed by atoms with van der Waals surface area (Å²) in [6.07, 6.45) is 18.5. The number of nitrogens with zero attached hydrogens (tertiary/aromatic N) is 5. The SMILES string of the molecule is CN=C(NC(C)C1=CC2CC=C(c3ccc4c(ccc5[nH]c(C6CCCN6C(=O)C(NC(=O)OC)C(C)C)nc54)c3)C=C2C=C1)C1CCCN1C(=O)C(NCOC)c1cccnc1. The number of methoxy groups -OCH3 is 2. The van der Waals surface area contributed by atoms with E-state index in [9.17, 15) is 14.4 Å². The molecule has 330 valence electrons. The van der Waals surface area contributed by atoms with E-state index in [0.29, 0.717) is 13.1 Å². The number of aromatic nitrogens is 3. The minimum atomic E-state index is -0.687. The van der Waals surface area contributed by atoms with Gasteiger partial charge in [0.15, 0.2) is 0 Å². The van der Waals surface area contributed by atoms with Crippen molar-refractivity contribution in [1.82, 2.24) is 40.7 Å². The van der Waals surface area contributed by atoms with E-state index in [0.717, 1.165) is 76.7 Å². The van der Waals surface area contributed by atoms with Crippen LogP contribution in [-0.2, 0) is 19.1 Å². The molecule has 4 N–H and O–H groups in total. The van der Waals surface area contributed by atoms with Gasteiger partial charge in [-0.05, 0) is 96.4 Å². The molecule has 8 rings (SSSR count). The average Bonchev–Trinajstić information content (AvgIpc) is 4.10. The number of allylic oxidation sites excluding steroid dienone is 6. The van der Waals surface area contributed by atoms with Gasteiger partial charge in [0.25, 0.3) is 0 Å². The Morgan fingerprint density at radius 3 is 2.57 bits per heavy atom. The molecule has 2 aliphatic heterocycles. The molecular weight excluding hydrogens is 795 g/mol. The molecule has 6 atom stereocenters. The molecule has 0 bridgehead atoms. The Kier molecular flexibility index (Phi) is 13.2. The van der Waals surface area contributed by atoms with Gasteiger partial charge >= 0.3 is 6.09 Å². The predicted molar refractivity (Wildman–Crippen MR) is 246 cm³/mol. The van der Waals surface area contributed by atoms with Gasteiger partial charge < -0.3 is 34.9 Å². The monoisotopic (exact) mass is 853 g/mol. The second-order valence-electron chi connectivity index (χ2n) is 17.2. The molecule has 4 aromatic rings. The third kappa shape index (κ3) is 9.05. The lowest BCUT2D eigenvalue weighted by atomic mass is 9.81. The van der Waals surface area contributed by atoms with Crippen LogP contribution in [0.3, 0.4) is 0 Å². The van der Waals surface area contributed by atoms with Crippen LogP contribution in [0.1, 0.15) is 81.9 Å². The second-order valence-corrected chi connectivity index (χ2v) is 17.2. The largest absolute Gasteiger partial charge is 0.453 e. The third-order valence-corrected chi connectivity index (χ3v) is 12.9. The number of ether oxygens (including phenoxy) is 2. The number of hydrogen-bond donors (Lipinski definition) is 4. The molecule has 0 spiro atoms. The number of aliphatic imine (C=N–C) groups is 1. The number of alkyl carbamates (subject to hydrolysis) is 1. The smallest absolute Gasteiger partial charge is 0.407 e. The van der Waals surface area contributed by atoms with Crippen LogP contribution in [-0.4, -0.2) is 108 Å². The molecule has 0 radical (unpaired) electrons. The van der Waals surface area contributed by atoms with Gasteiger partial charge in [-0.2, -0.15) is 0 Å². The Morgan fingerprint density at radius 2 is 1.81 bits per heavy atom. The van der Waals surface area contributed by atoms with Crippen LogP contribution >= 0.6 is 0 Å². The Morgan fingerprint density at radius 1 is 0.984 bits per heavy atom. The van der Waals surface area contributed by atoms with Crippen molar-refractivity contribution in [2.24, 2.45) is 16.8 Å². The highest BCUT2D eigenvalue weighted by molar-refractivity contribution is 6.05. The van der Waals surface area contributed by atoms with Gasteiger partial charge in [-0.25, -0.2) is 9.78 Å². The van der Waals surface area contributed by atoms with Crippen molar-refractivity contribution in [3.05, 3.63) is 113 Å². The first-order valence-electron chi connectivity index (χ1n) is 22.1. The molecule has 14 nitrogen and oxygen atoms in total. The summed E-state index contributed by atoms with van der Waals surface area (Å²) < 4.78 is 10.1. The number of amides is 3. The summed E-state index contributed by atoms with van der Waals surface area (Å²) >= 11 is 0. The van der Waals surface area contributed by atoms with E-state index >= 15 is 0 Å². The highest BCUT2D eigenvalue weighted by Crippen LogP contribution is 2.38. The van der Waals surface area contributed by atoms with Crippen LogP contribution < -0.4 is 16.0 Å². The van der Waals surface area contributed by atoms with Gasteiger partial charge in [0.2, 0.25) is 11.8 Å². The first-order chi connectivity index (χ1) is 30.6. The summed E-state index contributed by atoms with van der Waals surface area (Å²) in [5.74, 6) is 1.58. The quantitative estimate of drug-likeness (QED) is 0.0635. The number of benzene rings is 2. The summed E-state index contributed by atoms with van der Waals surface area (Å²) in [6.45, 7) is 7.50. The molecule has 2 aliphatic carbocycles. The Bertz CT molecular complexity index is 2510. The summed E-state index contributed by atoms with van der Waals surface area (Å²) in [6, 6.07) is 12.9. The van der Waals surface area contributed by atoms with Crippen molar-refractivity contribution in [2.45, 2.75) is 83.1 Å². The van der Waals surface area contributed by atoms with Crippen molar-refractivity contribution in [1.29, 1.82) is 0 Å². The van der Waals surface area contributed by atoms with Gasteiger partial charge in [-0.3, -0.25) is 24.9 Å². The molecule has 2 fully saturated rings. The number of rotatable bonds is 13. The maximum absolute atomic E-state index is 14.0. The lowest BCUT2D eigenvalue weighted by Crippen LogP contribution is -2.51. The summed E-state index contributed by atoms with van der Waals surface area (Å²) in [4.78, 5) is 61.2. The number of H-pyrrole nitrogens is 1. The number of amidine groups is 1. The van der Waals surface area contributed by atoms with Crippen LogP contribution in [0, 0.1) is 11.8 Å². The number of carbonyl (C=O) groups is 3. The van der Waals surface area contributed by atoms with Gasteiger partial charge in [0, 0.05) is 57.0 Å². The fourth-order valence-electron chi connectivity index (χ4n) is 9.55. The number of nitrogens with one attached hydrogen (secondary N) is 4. The lowest BCUT2D eigenvalue weighted by molar-refractivity contribution is -0.135. The van der Waals surface area contributed by atoms with Gasteiger partial charge in [0.05, 0.1) is 37.0 Å². The molecule has 2 aromatic carbocycles. The molecule has 14 heteroatoms. The fourth-order valence-corrected chi connectivity index (χ4v) is 9.55. The Hall–Kier alpha value is -6.12. The number of pyridine rings is 1. The van der Waals surface area contributed by atoms with E-state index in [1.165, 1.54) is 23.8 Å². The maximum Gasteiger partial charge on any atom is 0.407 e. The lowest BCUT2D eigenvalue weighted by Gasteiger charge is -2.32. The first kappa shape index (κ1) is 43.5. The Labute approximate surface area is 369 Å². The van der Waals surface area contributed by atoms with Crippen molar-refractivity contribution >= 4 is 51.1 Å². The highest BCUT2D eigenvalue weighted by Gasteiger charge is 2.39. The molecule has 63 heavy (non-hydrogen) atoms. The van der Waals surface area contributed by atoms with Crippen molar-refractivity contribution in [2.75, 3.05) is 41.1 Å². The van der Waals surface area contributed by atoms with Crippen LogP contribution in [0.4, 0.5) is 4.79 Å². The first-order valence-corrected chi connectivity index (χ1v) is 22.1. The standard InChI is InChI=1S/C49H59N9O5/c1-29(2)42(56-49(61)63-6)47(59)58-23-9-12-41(58)46-54-39-20-18-36-26-35(17-19-38(36)44(39)55-46)34-16-15-32-24-31(13-14-33(32)25-34)30(3)53-45(50-4)40-11-8-22-57(40)48(60)43(52-28-62-5)37-10-7-21-51-27-37/h7,10,13-14,16-21,24-27,29-30,32,40-43,52H,8-9,11-12,15,22-23,28H2,1-6H3,(H,50,53)(H,54,55)(H,56,61). The Balaban J connectivity index is 0.936. The van der Waals surface area contributed by atoms with E-state index < -0.39 is 18.2 Å². The highest BCUT2D eigenvalue weighted by atomic mass is 16.5. The zero-order valence-corrected chi connectivity index (χ0v) is 37.1. The number of fused-ring (bicyclic) bond motifs is 4. The van der Waals surface area contributed by atoms with Gasteiger partial charge in [-0.1, -0.05) is 68.5 Å². The van der Waals surface area contributed by atoms with E-state index in [-0.39, 0.29) is 48.5 Å². The minimum absolute atomic E-state index is 0.0113. The van der Waals surface area contributed by atoms with Crippen LogP contribution in [0.25, 0.3) is 27.4 Å². The van der Waals surface area contributed by atoms with Crippen molar-refractivity contribution < 1.29 is 23.9 Å². The van der Waals surface area contributed by atoms with Crippen LogP contribution in [0.15, 0.2) is 101 Å². The zero-order chi connectivity index (χ0) is 44.2. The molecule has 2 saturated heterocycles. The molecule has 4 heterocycles. The molecule has 4 aliphatic rings. The zero-order valence-electron chi connectivity index (χ0n) is 37.1. The summed E-state index contributed by atoms with van der Waals surface area (Å²) in [7, 11) is 4.71. The molecule has 6 unspecified atom stereocenters. The average molecular weight is 854 g/mol. The molecular formula is C49H59N9O5. The predicted octanol–water partition coefficient (Wildman–Crippen LogP) is 6.91. The van der Waals surface area contributed by atoms with Crippen molar-refractivity contribution in [3.8, 4) is 0 Å². The number of likely N-dealkylation sites (tertiary alicyclic amines) is 2. The van der Waals surface area contributed by atoms with Crippen LogP contribution in [0.5, 0.6) is 0 Å². The fraction of sp³-hybridized carbons (Fsp3) is 0.429. The number of imidazole rings is 1. The van der Waals surface area contributed by atoms with E-state index in [4.69, 9.17) is 19.5 Å². The second kappa shape index (κ2) is 19.1. The van der Waals surface area contributed by atoms with E-state index in [2.05, 4.69) is 93.6 Å². The molecule has 0 saturated carbocycles. The van der Waals surface area contributed by atoms with Gasteiger partial charge in [0.1, 0.15) is 23.7 Å². The third-order valence-electron chi connectivity index (χ3n) is 12.9. The van der Waals surface area contributed by atoms with E-state index in [1.807, 2.05) is 35.8 Å². The number of carbonyl (C=O) groups excluding carboxylic acids is 3. The summed E-state index contributed by atoms with van der Waals surface area (Å²) in [5.41, 5.74) is 7.41. The minimum Gasteiger partial charge on any atom is -0.453 e. The molecule has 2 aromatic heterocycles. The van der Waals surface area contributed by atoms with Gasteiger partial charge in [-0.15, -0.1) is 0 Å². The van der Waals surface area contributed by atoms with E-state index in [1.54, 1.807) is 26.6 Å². The summed E-state index contributed by atoms with van der Waals surface area (Å²) in [5, 5.41) is 11.8. The van der Waals surface area contributed by atoms with Crippen molar-refractivity contribution in [3.63, 3.8) is 0 Å². The molecule has 3 amide bonds.